The van der Waals surface area contributed by atoms with Gasteiger partial charge in [0.25, 0.3) is 0 Å². The van der Waals surface area contributed by atoms with Crippen molar-refractivity contribution in [3.05, 3.63) is 29.6 Å². The van der Waals surface area contributed by atoms with Crippen LogP contribution < -0.4 is 10.5 Å². The molecule has 0 atom stereocenters. The van der Waals surface area contributed by atoms with Gasteiger partial charge in [0.1, 0.15) is 11.9 Å². The molecular formula is C22H34F3N3O2. The first kappa shape index (κ1) is 24.5. The van der Waals surface area contributed by atoms with Crippen LogP contribution in [0, 0.1) is 23.4 Å². The number of benzene rings is 1. The van der Waals surface area contributed by atoms with Gasteiger partial charge in [-0.3, -0.25) is 4.79 Å². The van der Waals surface area contributed by atoms with Crippen molar-refractivity contribution in [2.75, 3.05) is 39.3 Å². The molecule has 3 rings (SSSR count). The highest BCUT2D eigenvalue weighted by Crippen LogP contribution is 2.27. The van der Waals surface area contributed by atoms with E-state index in [0.717, 1.165) is 38.9 Å². The molecule has 0 spiro atoms. The maximum Gasteiger partial charge on any atom is 0.225 e. The monoisotopic (exact) mass is 429 g/mol. The van der Waals surface area contributed by atoms with Gasteiger partial charge in [-0.2, -0.15) is 0 Å². The fraction of sp³-hybridized carbons (Fsp3) is 0.682. The lowest BCUT2D eigenvalue weighted by Gasteiger charge is -2.37. The van der Waals surface area contributed by atoms with Gasteiger partial charge < -0.3 is 20.3 Å². The van der Waals surface area contributed by atoms with Crippen molar-refractivity contribution < 1.29 is 22.7 Å². The van der Waals surface area contributed by atoms with Crippen LogP contribution in [0.25, 0.3) is 0 Å². The molecule has 0 unspecified atom stereocenters. The number of halogens is 3. The predicted octanol–water partition coefficient (Wildman–Crippen LogP) is 3.56. The molecular weight excluding hydrogens is 395 g/mol. The second-order valence-electron chi connectivity index (χ2n) is 7.60. The topological polar surface area (TPSA) is 58.8 Å². The summed E-state index contributed by atoms with van der Waals surface area (Å²) in [6.45, 7) is 8.50. The zero-order chi connectivity index (χ0) is 22.1. The van der Waals surface area contributed by atoms with Gasteiger partial charge >= 0.3 is 0 Å². The molecule has 2 heterocycles. The second-order valence-corrected chi connectivity index (χ2v) is 7.60. The normalized spacial score (nSPS) is 18.7. The zero-order valence-electron chi connectivity index (χ0n) is 18.0. The minimum absolute atomic E-state index is 0.0404. The molecule has 1 aromatic rings. The van der Waals surface area contributed by atoms with E-state index in [1.807, 2.05) is 18.7 Å². The third kappa shape index (κ3) is 6.60. The maximum absolute atomic E-state index is 13.7. The molecule has 1 aromatic carbocycles. The van der Waals surface area contributed by atoms with Crippen LogP contribution in [0.5, 0.6) is 5.75 Å². The standard InChI is InChI=1S/C20H28F3N3O2.C2H6/c21-15-12-17(22)19(18(23)13-15)28-16-4-10-26(11-5-16)20(27)14-2-8-25(9-3-14)7-1-6-24;1-2/h12-14,16H,1-11,24H2;1-2H3. The Labute approximate surface area is 177 Å². The maximum atomic E-state index is 13.7. The van der Waals surface area contributed by atoms with Crippen molar-refractivity contribution in [1.82, 2.24) is 9.80 Å². The number of carbonyl (C=O) groups is 1. The van der Waals surface area contributed by atoms with Gasteiger partial charge in [-0.25, -0.2) is 13.2 Å². The molecule has 0 saturated carbocycles. The molecule has 5 nitrogen and oxygen atoms in total. The van der Waals surface area contributed by atoms with Crippen LogP contribution in [0.15, 0.2) is 12.1 Å². The molecule has 0 aliphatic carbocycles. The number of carbonyl (C=O) groups excluding carboxylic acids is 1. The van der Waals surface area contributed by atoms with Gasteiger partial charge in [-0.05, 0) is 45.4 Å². The summed E-state index contributed by atoms with van der Waals surface area (Å²) in [7, 11) is 0. The first-order chi connectivity index (χ1) is 14.5. The van der Waals surface area contributed by atoms with Crippen molar-refractivity contribution >= 4 is 5.91 Å². The first-order valence-electron chi connectivity index (χ1n) is 11.0. The number of ether oxygens (including phenoxy) is 1. The highest BCUT2D eigenvalue weighted by molar-refractivity contribution is 5.79. The number of hydrogen-bond acceptors (Lipinski definition) is 4. The molecule has 8 heteroatoms. The highest BCUT2D eigenvalue weighted by atomic mass is 19.1. The van der Waals surface area contributed by atoms with E-state index in [-0.39, 0.29) is 11.8 Å². The van der Waals surface area contributed by atoms with Crippen molar-refractivity contribution in [3.8, 4) is 5.75 Å². The Hall–Kier alpha value is -1.80. The molecule has 1 amide bonds. The summed E-state index contributed by atoms with van der Waals surface area (Å²) < 4.78 is 45.9. The molecule has 0 aromatic heterocycles. The average molecular weight is 430 g/mol. The van der Waals surface area contributed by atoms with E-state index < -0.39 is 29.3 Å². The summed E-state index contributed by atoms with van der Waals surface area (Å²) in [4.78, 5) is 16.9. The van der Waals surface area contributed by atoms with E-state index >= 15 is 0 Å². The highest BCUT2D eigenvalue weighted by Gasteiger charge is 2.31. The first-order valence-corrected chi connectivity index (χ1v) is 11.0. The van der Waals surface area contributed by atoms with E-state index in [1.165, 1.54) is 0 Å². The van der Waals surface area contributed by atoms with Gasteiger partial charge in [0.05, 0.1) is 0 Å². The second kappa shape index (κ2) is 12.2. The van der Waals surface area contributed by atoms with Crippen molar-refractivity contribution in [1.29, 1.82) is 0 Å². The summed E-state index contributed by atoms with van der Waals surface area (Å²) in [5, 5.41) is 0. The summed E-state index contributed by atoms with van der Waals surface area (Å²) in [5.74, 6) is -3.41. The van der Waals surface area contributed by atoms with Crippen molar-refractivity contribution in [2.24, 2.45) is 11.7 Å². The van der Waals surface area contributed by atoms with Crippen molar-refractivity contribution in [2.45, 2.75) is 52.1 Å². The molecule has 2 aliphatic rings. The van der Waals surface area contributed by atoms with Gasteiger partial charge in [0.2, 0.25) is 5.91 Å². The van der Waals surface area contributed by atoms with Crippen LogP contribution >= 0.6 is 0 Å². The summed E-state index contributed by atoms with van der Waals surface area (Å²) in [6, 6.07) is 1.22. The molecule has 2 fully saturated rings. The van der Waals surface area contributed by atoms with Gasteiger partial charge in [0, 0.05) is 44.0 Å². The van der Waals surface area contributed by atoms with Crippen LogP contribution in [0.1, 0.15) is 46.0 Å². The molecule has 2 saturated heterocycles. The van der Waals surface area contributed by atoms with Crippen LogP contribution in [0.3, 0.4) is 0 Å². The van der Waals surface area contributed by atoms with Crippen LogP contribution in [-0.2, 0) is 4.79 Å². The molecule has 2 N–H and O–H groups in total. The van der Waals surface area contributed by atoms with Crippen LogP contribution in [-0.4, -0.2) is 61.1 Å². The smallest absolute Gasteiger partial charge is 0.225 e. The fourth-order valence-electron chi connectivity index (χ4n) is 3.98. The lowest BCUT2D eigenvalue weighted by molar-refractivity contribution is -0.139. The average Bonchev–Trinajstić information content (AvgIpc) is 2.76. The third-order valence-electron chi connectivity index (χ3n) is 5.62. The van der Waals surface area contributed by atoms with Crippen molar-refractivity contribution in [3.63, 3.8) is 0 Å². The zero-order valence-corrected chi connectivity index (χ0v) is 18.0. The Kier molecular flexibility index (Phi) is 9.91. The van der Waals surface area contributed by atoms with Crippen LogP contribution in [0.4, 0.5) is 13.2 Å². The van der Waals surface area contributed by atoms with E-state index in [0.29, 0.717) is 44.6 Å². The lowest BCUT2D eigenvalue weighted by Crippen LogP contribution is -2.47. The molecule has 170 valence electrons. The number of nitrogens with zero attached hydrogens (tertiary/aromatic N) is 2. The largest absolute Gasteiger partial charge is 0.484 e. The number of nitrogens with two attached hydrogens (primary N) is 1. The van der Waals surface area contributed by atoms with E-state index in [2.05, 4.69) is 4.90 Å². The Morgan fingerprint density at radius 3 is 2.13 bits per heavy atom. The summed E-state index contributed by atoms with van der Waals surface area (Å²) in [6.07, 6.45) is 3.28. The number of likely N-dealkylation sites (tertiary alicyclic amines) is 2. The Morgan fingerprint density at radius 2 is 1.60 bits per heavy atom. The molecule has 0 bridgehead atoms. The van der Waals surface area contributed by atoms with E-state index in [1.54, 1.807) is 0 Å². The minimum atomic E-state index is -1.04. The van der Waals surface area contributed by atoms with Crippen LogP contribution in [0.2, 0.25) is 0 Å². The summed E-state index contributed by atoms with van der Waals surface area (Å²) >= 11 is 0. The third-order valence-corrected chi connectivity index (χ3v) is 5.62. The number of hydrogen-bond donors (Lipinski definition) is 1. The number of piperidine rings is 2. The van der Waals surface area contributed by atoms with Gasteiger partial charge in [-0.15, -0.1) is 0 Å². The SMILES string of the molecule is CC.NCCCN1CCC(C(=O)N2CCC(Oc3c(F)cc(F)cc3F)CC2)CC1. The number of amides is 1. The quantitative estimate of drug-likeness (QED) is 0.751. The molecule has 2 aliphatic heterocycles. The number of rotatable bonds is 6. The Morgan fingerprint density at radius 1 is 1.03 bits per heavy atom. The van der Waals surface area contributed by atoms with Gasteiger partial charge in [0.15, 0.2) is 17.4 Å². The molecule has 0 radical (unpaired) electrons. The van der Waals surface area contributed by atoms with E-state index in [9.17, 15) is 18.0 Å². The minimum Gasteiger partial charge on any atom is -0.484 e. The lowest BCUT2D eigenvalue weighted by atomic mass is 9.94. The Balaban J connectivity index is 0.00000155. The van der Waals surface area contributed by atoms with E-state index in [4.69, 9.17) is 10.5 Å². The molecule has 30 heavy (non-hydrogen) atoms. The summed E-state index contributed by atoms with van der Waals surface area (Å²) in [5.41, 5.74) is 5.55. The van der Waals surface area contributed by atoms with Gasteiger partial charge in [-0.1, -0.05) is 13.8 Å². The Bertz CT molecular complexity index is 651. The fourth-order valence-corrected chi connectivity index (χ4v) is 3.98. The predicted molar refractivity (Wildman–Crippen MR) is 111 cm³/mol.